The molecular weight excluding hydrogens is 222 g/mol. The zero-order valence-electron chi connectivity index (χ0n) is 8.80. The average Bonchev–Trinajstić information content (AvgIpc) is 2.87. The molecule has 1 aliphatic rings. The van der Waals surface area contributed by atoms with Crippen LogP contribution in [0.15, 0.2) is 24.3 Å². The molecule has 1 unspecified atom stereocenters. The summed E-state index contributed by atoms with van der Waals surface area (Å²) in [5, 5.41) is 13.2. The van der Waals surface area contributed by atoms with Gasteiger partial charge in [0, 0.05) is 5.56 Å². The van der Waals surface area contributed by atoms with Gasteiger partial charge in [-0.1, -0.05) is 29.5 Å². The van der Waals surface area contributed by atoms with Crippen molar-refractivity contribution in [2.75, 3.05) is 11.9 Å². The van der Waals surface area contributed by atoms with Crippen LogP contribution < -0.4 is 10.1 Å². The number of aromatic nitrogens is 2. The number of fused-ring (bicyclic) bond motifs is 1. The van der Waals surface area contributed by atoms with Crippen LogP contribution in [0.3, 0.4) is 0 Å². The number of anilines is 1. The van der Waals surface area contributed by atoms with E-state index < -0.39 is 0 Å². The minimum absolute atomic E-state index is 0.184. The zero-order chi connectivity index (χ0) is 11.0. The summed E-state index contributed by atoms with van der Waals surface area (Å²) in [7, 11) is 0. The van der Waals surface area contributed by atoms with Gasteiger partial charge in [0.1, 0.15) is 17.4 Å². The van der Waals surface area contributed by atoms with Crippen LogP contribution >= 0.6 is 11.3 Å². The fourth-order valence-electron chi connectivity index (χ4n) is 1.79. The molecule has 1 atom stereocenters. The van der Waals surface area contributed by atoms with Crippen LogP contribution in [0.5, 0.6) is 5.75 Å². The van der Waals surface area contributed by atoms with Gasteiger partial charge in [0.05, 0.1) is 6.04 Å². The van der Waals surface area contributed by atoms with Crippen LogP contribution in [-0.2, 0) is 0 Å². The Morgan fingerprint density at radius 3 is 3.06 bits per heavy atom. The van der Waals surface area contributed by atoms with Gasteiger partial charge in [-0.05, 0) is 13.0 Å². The highest BCUT2D eigenvalue weighted by Gasteiger charge is 2.24. The quantitative estimate of drug-likeness (QED) is 0.865. The largest absolute Gasteiger partial charge is 0.491 e. The number of nitrogens with one attached hydrogen (secondary N) is 1. The van der Waals surface area contributed by atoms with Gasteiger partial charge in [0.25, 0.3) is 0 Å². The van der Waals surface area contributed by atoms with Crippen LogP contribution in [0.1, 0.15) is 16.6 Å². The first-order chi connectivity index (χ1) is 7.83. The first kappa shape index (κ1) is 9.59. The molecule has 2 heterocycles. The van der Waals surface area contributed by atoms with Gasteiger partial charge in [0.15, 0.2) is 0 Å². The standard InChI is InChI=1S/C11H11N3OS/c1-7-13-14-11(16-7)12-9-6-15-10-5-3-2-4-8(9)10/h2-5,9H,6H2,1H3,(H,12,14). The second-order valence-electron chi connectivity index (χ2n) is 3.67. The van der Waals surface area contributed by atoms with Crippen molar-refractivity contribution in [3.63, 3.8) is 0 Å². The van der Waals surface area contributed by atoms with Gasteiger partial charge < -0.3 is 10.1 Å². The maximum absolute atomic E-state index is 5.58. The van der Waals surface area contributed by atoms with Crippen molar-refractivity contribution in [2.24, 2.45) is 0 Å². The Morgan fingerprint density at radius 2 is 2.25 bits per heavy atom. The Hall–Kier alpha value is -1.62. The molecule has 4 nitrogen and oxygen atoms in total. The fraction of sp³-hybridized carbons (Fsp3) is 0.273. The lowest BCUT2D eigenvalue weighted by atomic mass is 10.1. The third-order valence-corrected chi connectivity index (χ3v) is 3.29. The summed E-state index contributed by atoms with van der Waals surface area (Å²) in [6.45, 7) is 2.60. The molecule has 1 N–H and O–H groups in total. The van der Waals surface area contributed by atoms with Gasteiger partial charge in [-0.25, -0.2) is 0 Å². The third kappa shape index (κ3) is 1.63. The molecule has 1 aliphatic heterocycles. The summed E-state index contributed by atoms with van der Waals surface area (Å²) in [6.07, 6.45) is 0. The van der Waals surface area contributed by atoms with Crippen LogP contribution in [-0.4, -0.2) is 16.8 Å². The second kappa shape index (κ2) is 3.75. The molecule has 0 spiro atoms. The highest BCUT2D eigenvalue weighted by Crippen LogP contribution is 2.34. The lowest BCUT2D eigenvalue weighted by molar-refractivity contribution is 0.340. The highest BCUT2D eigenvalue weighted by molar-refractivity contribution is 7.15. The fourth-order valence-corrected chi connectivity index (χ4v) is 2.43. The van der Waals surface area contributed by atoms with Gasteiger partial charge >= 0.3 is 0 Å². The van der Waals surface area contributed by atoms with Crippen LogP contribution in [0.2, 0.25) is 0 Å². The van der Waals surface area contributed by atoms with E-state index in [1.165, 1.54) is 5.56 Å². The normalized spacial score (nSPS) is 17.9. The van der Waals surface area contributed by atoms with Crippen molar-refractivity contribution in [2.45, 2.75) is 13.0 Å². The molecule has 0 saturated heterocycles. The monoisotopic (exact) mass is 233 g/mol. The highest BCUT2D eigenvalue weighted by atomic mass is 32.1. The van der Waals surface area contributed by atoms with E-state index in [0.29, 0.717) is 6.61 Å². The smallest absolute Gasteiger partial charge is 0.206 e. The first-order valence-electron chi connectivity index (χ1n) is 5.11. The maximum Gasteiger partial charge on any atom is 0.206 e. The van der Waals surface area contributed by atoms with E-state index in [0.717, 1.165) is 15.9 Å². The van der Waals surface area contributed by atoms with E-state index in [-0.39, 0.29) is 6.04 Å². The minimum Gasteiger partial charge on any atom is -0.491 e. The predicted molar refractivity (Wildman–Crippen MR) is 62.9 cm³/mol. The van der Waals surface area contributed by atoms with E-state index in [4.69, 9.17) is 4.74 Å². The number of hydrogen-bond donors (Lipinski definition) is 1. The van der Waals surface area contributed by atoms with Crippen molar-refractivity contribution in [3.8, 4) is 5.75 Å². The van der Waals surface area contributed by atoms with Crippen molar-refractivity contribution in [1.82, 2.24) is 10.2 Å². The maximum atomic E-state index is 5.58. The Balaban J connectivity index is 1.83. The first-order valence-corrected chi connectivity index (χ1v) is 5.93. The molecule has 0 radical (unpaired) electrons. The van der Waals surface area contributed by atoms with Crippen molar-refractivity contribution >= 4 is 16.5 Å². The molecule has 0 bridgehead atoms. The van der Waals surface area contributed by atoms with E-state index in [1.807, 2.05) is 25.1 Å². The molecule has 1 aromatic carbocycles. The van der Waals surface area contributed by atoms with Crippen LogP contribution in [0.25, 0.3) is 0 Å². The van der Waals surface area contributed by atoms with Gasteiger partial charge in [0.2, 0.25) is 5.13 Å². The molecule has 82 valence electrons. The van der Waals surface area contributed by atoms with Crippen molar-refractivity contribution in [3.05, 3.63) is 34.8 Å². The van der Waals surface area contributed by atoms with Crippen molar-refractivity contribution in [1.29, 1.82) is 0 Å². The predicted octanol–water partition coefficient (Wildman–Crippen LogP) is 2.39. The molecule has 3 rings (SSSR count). The lowest BCUT2D eigenvalue weighted by Crippen LogP contribution is -2.11. The third-order valence-electron chi connectivity index (χ3n) is 2.52. The zero-order valence-corrected chi connectivity index (χ0v) is 9.62. The molecule has 2 aromatic rings. The topological polar surface area (TPSA) is 47.0 Å². The summed E-state index contributed by atoms with van der Waals surface area (Å²) in [5.41, 5.74) is 1.19. The summed E-state index contributed by atoms with van der Waals surface area (Å²) < 4.78 is 5.58. The molecule has 16 heavy (non-hydrogen) atoms. The molecule has 0 amide bonds. The molecule has 0 fully saturated rings. The number of rotatable bonds is 2. The molecule has 0 aliphatic carbocycles. The molecule has 1 aromatic heterocycles. The number of hydrogen-bond acceptors (Lipinski definition) is 5. The summed E-state index contributed by atoms with van der Waals surface area (Å²) >= 11 is 1.56. The van der Waals surface area contributed by atoms with Gasteiger partial charge in [-0.15, -0.1) is 10.2 Å². The SMILES string of the molecule is Cc1nnc(NC2COc3ccccc32)s1. The van der Waals surface area contributed by atoms with E-state index >= 15 is 0 Å². The van der Waals surface area contributed by atoms with E-state index in [1.54, 1.807) is 11.3 Å². The average molecular weight is 233 g/mol. The van der Waals surface area contributed by atoms with Gasteiger partial charge in [-0.2, -0.15) is 0 Å². The van der Waals surface area contributed by atoms with E-state index in [9.17, 15) is 0 Å². The van der Waals surface area contributed by atoms with Crippen LogP contribution in [0, 0.1) is 6.92 Å². The Bertz CT molecular complexity index is 511. The minimum atomic E-state index is 0.184. The summed E-state index contributed by atoms with van der Waals surface area (Å²) in [4.78, 5) is 0. The second-order valence-corrected chi connectivity index (χ2v) is 4.85. The van der Waals surface area contributed by atoms with Crippen LogP contribution in [0.4, 0.5) is 5.13 Å². The van der Waals surface area contributed by atoms with Gasteiger partial charge in [-0.3, -0.25) is 0 Å². The molecule has 5 heteroatoms. The number of aryl methyl sites for hydroxylation is 1. The Morgan fingerprint density at radius 1 is 1.38 bits per heavy atom. The van der Waals surface area contributed by atoms with Crippen molar-refractivity contribution < 1.29 is 4.74 Å². The number of ether oxygens (including phenoxy) is 1. The molecular formula is C11H11N3OS. The summed E-state index contributed by atoms with van der Waals surface area (Å²) in [5.74, 6) is 0.959. The molecule has 0 saturated carbocycles. The van der Waals surface area contributed by atoms with E-state index in [2.05, 4.69) is 21.6 Å². The number of para-hydroxylation sites is 1. The number of nitrogens with zero attached hydrogens (tertiary/aromatic N) is 2. The summed E-state index contributed by atoms with van der Waals surface area (Å²) in [6, 6.07) is 8.25. The lowest BCUT2D eigenvalue weighted by Gasteiger charge is -2.08. The Kier molecular flexibility index (Phi) is 2.25. The number of benzene rings is 1. The Labute approximate surface area is 97.3 Å².